The number of rotatable bonds is 2. The lowest BCUT2D eigenvalue weighted by molar-refractivity contribution is -0.367. The fourth-order valence-electron chi connectivity index (χ4n) is 0.755. The largest absolute Gasteiger partial charge is 0.356 e. The van der Waals surface area contributed by atoms with Gasteiger partial charge >= 0.3 is 0 Å². The van der Waals surface area contributed by atoms with Gasteiger partial charge in [-0.2, -0.15) is 0 Å². The molecule has 3 N–H and O–H groups in total. The molecular formula is C5H9N2O2S+. The molecule has 2 amide bonds. The highest BCUT2D eigenvalue weighted by molar-refractivity contribution is 8.14. The van der Waals surface area contributed by atoms with E-state index >= 15 is 0 Å². The van der Waals surface area contributed by atoms with Crippen LogP contribution in [-0.4, -0.2) is 34.9 Å². The van der Waals surface area contributed by atoms with E-state index in [-0.39, 0.29) is 11.1 Å². The maximum Gasteiger partial charge on any atom is 0.288 e. The van der Waals surface area contributed by atoms with Crippen LogP contribution >= 0.6 is 11.8 Å². The van der Waals surface area contributed by atoms with Crippen LogP contribution in [0, 0.1) is 0 Å². The van der Waals surface area contributed by atoms with Crippen molar-refractivity contribution in [2.75, 3.05) is 18.8 Å². The maximum atomic E-state index is 10.8. The van der Waals surface area contributed by atoms with Gasteiger partial charge in [0.25, 0.3) is 5.24 Å². The number of quaternary nitrogens is 1. The molecule has 0 saturated carbocycles. The fourth-order valence-corrected chi connectivity index (χ4v) is 1.51. The van der Waals surface area contributed by atoms with Crippen LogP contribution in [0.1, 0.15) is 0 Å². The van der Waals surface area contributed by atoms with Crippen molar-refractivity contribution in [2.45, 2.75) is 0 Å². The van der Waals surface area contributed by atoms with Gasteiger partial charge in [-0.25, -0.2) is 0 Å². The van der Waals surface area contributed by atoms with E-state index in [1.54, 1.807) is 0 Å². The lowest BCUT2D eigenvalue weighted by Crippen LogP contribution is -2.55. The first-order valence-corrected chi connectivity index (χ1v) is 4.00. The van der Waals surface area contributed by atoms with E-state index in [1.165, 1.54) is 4.90 Å². The smallest absolute Gasteiger partial charge is 0.288 e. The van der Waals surface area contributed by atoms with Crippen LogP contribution in [0.5, 0.6) is 0 Å². The Morgan fingerprint density at radius 3 is 2.70 bits per heavy atom. The van der Waals surface area contributed by atoms with Gasteiger partial charge in [-0.05, 0) is 0 Å². The van der Waals surface area contributed by atoms with Crippen molar-refractivity contribution in [3.63, 3.8) is 0 Å². The Balaban J connectivity index is 2.54. The third-order valence-electron chi connectivity index (χ3n) is 1.22. The minimum atomic E-state index is -0.131. The highest BCUT2D eigenvalue weighted by Gasteiger charge is 2.29. The van der Waals surface area contributed by atoms with Crippen molar-refractivity contribution >= 4 is 22.9 Å². The zero-order chi connectivity index (χ0) is 7.56. The van der Waals surface area contributed by atoms with Gasteiger partial charge in [0.1, 0.15) is 0 Å². The minimum absolute atomic E-state index is 0.0846. The molecule has 0 spiro atoms. The van der Waals surface area contributed by atoms with Gasteiger partial charge in [-0.1, -0.05) is 11.8 Å². The second-order valence-electron chi connectivity index (χ2n) is 1.95. The molecule has 56 valence electrons. The molecule has 0 aromatic heterocycles. The Morgan fingerprint density at radius 2 is 2.30 bits per heavy atom. The number of carbonyl (C=O) groups is 2. The predicted molar refractivity (Wildman–Crippen MR) is 37.3 cm³/mol. The third-order valence-corrected chi connectivity index (χ3v) is 2.08. The van der Waals surface area contributed by atoms with Gasteiger partial charge < -0.3 is 5.73 Å². The monoisotopic (exact) mass is 161 g/mol. The number of nitrogens with zero attached hydrogens (tertiary/aromatic N) is 1. The van der Waals surface area contributed by atoms with Crippen LogP contribution in [0.25, 0.3) is 0 Å². The van der Waals surface area contributed by atoms with Gasteiger partial charge in [0, 0.05) is 0 Å². The third kappa shape index (κ3) is 1.30. The molecule has 4 nitrogen and oxygen atoms in total. The van der Waals surface area contributed by atoms with Crippen LogP contribution in [0.3, 0.4) is 0 Å². The van der Waals surface area contributed by atoms with Crippen LogP contribution in [0.4, 0.5) is 4.79 Å². The molecule has 0 aromatic rings. The first kappa shape index (κ1) is 7.56. The molecule has 0 unspecified atom stereocenters. The molecular weight excluding hydrogens is 152 g/mol. The molecule has 0 atom stereocenters. The molecule has 1 heterocycles. The topological polar surface area (TPSA) is 65.0 Å². The highest BCUT2D eigenvalue weighted by atomic mass is 32.2. The maximum absolute atomic E-state index is 10.8. The summed E-state index contributed by atoms with van der Waals surface area (Å²) in [7, 11) is 0. The molecule has 1 saturated heterocycles. The van der Waals surface area contributed by atoms with Crippen LogP contribution in [-0.2, 0) is 4.79 Å². The summed E-state index contributed by atoms with van der Waals surface area (Å²) in [5.74, 6) is 0.220. The quantitative estimate of drug-likeness (QED) is 0.560. The molecule has 0 aromatic carbocycles. The molecule has 1 fully saturated rings. The summed E-state index contributed by atoms with van der Waals surface area (Å²) in [6, 6.07) is 0. The van der Waals surface area contributed by atoms with Gasteiger partial charge in [-0.15, -0.1) is 0 Å². The molecule has 1 aliphatic rings. The van der Waals surface area contributed by atoms with E-state index in [0.29, 0.717) is 18.8 Å². The second kappa shape index (κ2) is 3.03. The van der Waals surface area contributed by atoms with Crippen LogP contribution < -0.4 is 5.73 Å². The molecule has 0 aliphatic carbocycles. The van der Waals surface area contributed by atoms with E-state index < -0.39 is 0 Å². The Bertz CT molecular complexity index is 155. The normalized spacial score (nSPS) is 18.7. The SMILES string of the molecule is [NH3+]CCN1C(=O)CSC1=O. The Hall–Kier alpha value is -0.550. The van der Waals surface area contributed by atoms with Crippen molar-refractivity contribution < 1.29 is 15.3 Å². The second-order valence-corrected chi connectivity index (χ2v) is 2.88. The van der Waals surface area contributed by atoms with Crippen molar-refractivity contribution in [2.24, 2.45) is 0 Å². The highest BCUT2D eigenvalue weighted by Crippen LogP contribution is 2.17. The number of imide groups is 1. The van der Waals surface area contributed by atoms with Crippen LogP contribution in [0.15, 0.2) is 0 Å². The van der Waals surface area contributed by atoms with E-state index in [1.807, 2.05) is 0 Å². The number of carbonyl (C=O) groups excluding carboxylic acids is 2. The van der Waals surface area contributed by atoms with Crippen molar-refractivity contribution in [1.82, 2.24) is 4.90 Å². The Kier molecular flexibility index (Phi) is 2.29. The van der Waals surface area contributed by atoms with Crippen molar-refractivity contribution in [1.29, 1.82) is 0 Å². The number of hydrogen-bond donors (Lipinski definition) is 1. The minimum Gasteiger partial charge on any atom is -0.356 e. The van der Waals surface area contributed by atoms with Gasteiger partial charge in [-0.3, -0.25) is 14.5 Å². The zero-order valence-electron chi connectivity index (χ0n) is 5.50. The zero-order valence-corrected chi connectivity index (χ0v) is 6.32. The molecule has 0 radical (unpaired) electrons. The fraction of sp³-hybridized carbons (Fsp3) is 0.600. The standard InChI is InChI=1S/C5H8N2O2S/c6-1-2-7-4(8)3-10-5(7)9/h1-3,6H2/p+1. The summed E-state index contributed by atoms with van der Waals surface area (Å²) in [5, 5.41) is -0.131. The summed E-state index contributed by atoms with van der Waals surface area (Å²) in [5.41, 5.74) is 3.56. The van der Waals surface area contributed by atoms with Crippen molar-refractivity contribution in [3.8, 4) is 0 Å². The summed E-state index contributed by atoms with van der Waals surface area (Å²) in [4.78, 5) is 22.9. The summed E-state index contributed by atoms with van der Waals surface area (Å²) in [6.07, 6.45) is 0. The number of amides is 2. The van der Waals surface area contributed by atoms with Gasteiger partial charge in [0.15, 0.2) is 0 Å². The van der Waals surface area contributed by atoms with Gasteiger partial charge in [0.05, 0.1) is 18.8 Å². The van der Waals surface area contributed by atoms with E-state index in [2.05, 4.69) is 5.73 Å². The van der Waals surface area contributed by atoms with E-state index in [9.17, 15) is 9.59 Å². The van der Waals surface area contributed by atoms with Crippen molar-refractivity contribution in [3.05, 3.63) is 0 Å². The predicted octanol–water partition coefficient (Wildman–Crippen LogP) is -1.08. The van der Waals surface area contributed by atoms with Crippen LogP contribution in [0.2, 0.25) is 0 Å². The lowest BCUT2D eigenvalue weighted by atomic mass is 10.5. The Labute approximate surface area is 62.7 Å². The molecule has 5 heteroatoms. The number of hydrogen-bond acceptors (Lipinski definition) is 3. The molecule has 10 heavy (non-hydrogen) atoms. The molecule has 1 aliphatic heterocycles. The molecule has 1 rings (SSSR count). The average molecular weight is 161 g/mol. The van der Waals surface area contributed by atoms with E-state index in [4.69, 9.17) is 0 Å². The summed E-state index contributed by atoms with van der Waals surface area (Å²) in [6.45, 7) is 1.06. The first-order valence-electron chi connectivity index (χ1n) is 3.02. The number of thioether (sulfide) groups is 1. The molecule has 0 bridgehead atoms. The van der Waals surface area contributed by atoms with Gasteiger partial charge in [0.2, 0.25) is 5.91 Å². The van der Waals surface area contributed by atoms with E-state index in [0.717, 1.165) is 11.8 Å². The first-order chi connectivity index (χ1) is 4.75. The summed E-state index contributed by atoms with van der Waals surface area (Å²) >= 11 is 1.06. The Morgan fingerprint density at radius 1 is 1.60 bits per heavy atom. The lowest BCUT2D eigenvalue weighted by Gasteiger charge is -2.07. The average Bonchev–Trinajstić information content (AvgIpc) is 2.20. The summed E-state index contributed by atoms with van der Waals surface area (Å²) < 4.78 is 0.